The van der Waals surface area contributed by atoms with Crippen molar-refractivity contribution in [3.05, 3.63) is 48.6 Å². The summed E-state index contributed by atoms with van der Waals surface area (Å²) in [6.45, 7) is 3.93. The summed E-state index contributed by atoms with van der Waals surface area (Å²) in [7, 11) is 0. The molecule has 278 valence electrons. The van der Waals surface area contributed by atoms with E-state index in [1.807, 2.05) is 12.2 Å². The highest BCUT2D eigenvalue weighted by molar-refractivity contribution is 5.70. The molecule has 0 aliphatic heterocycles. The predicted molar refractivity (Wildman–Crippen MR) is 202 cm³/mol. The van der Waals surface area contributed by atoms with Gasteiger partial charge in [-0.3, -0.25) is 9.59 Å². The van der Waals surface area contributed by atoms with Crippen LogP contribution in [0.4, 0.5) is 0 Å². The molecule has 0 bridgehead atoms. The Hall–Kier alpha value is -2.18. The molecule has 0 heterocycles. The molecule has 0 unspecified atom stereocenters. The summed E-state index contributed by atoms with van der Waals surface area (Å²) >= 11 is 0. The van der Waals surface area contributed by atoms with Gasteiger partial charge in [0.15, 0.2) is 6.10 Å². The number of aliphatic hydroxyl groups excluding tert-OH is 2. The molecular formula is C42H74O6. The minimum absolute atomic E-state index is 0.105. The van der Waals surface area contributed by atoms with Gasteiger partial charge in [-0.15, -0.1) is 0 Å². The SMILES string of the molecule is CCCCCCCCCCCCCCCCCCC(=O)O[C@@H](CO)COC(=O)CCC/C=C\C/C=C\C/C=C\C/C=C\[C@@H](O)CCCC. The molecule has 2 atom stereocenters. The maximum absolute atomic E-state index is 12.2. The van der Waals surface area contributed by atoms with Crippen LogP contribution >= 0.6 is 0 Å². The van der Waals surface area contributed by atoms with Crippen molar-refractivity contribution >= 4 is 11.9 Å². The third-order valence-electron chi connectivity index (χ3n) is 8.45. The Morgan fingerprint density at radius 1 is 0.562 bits per heavy atom. The van der Waals surface area contributed by atoms with Crippen LogP contribution in [0.3, 0.4) is 0 Å². The van der Waals surface area contributed by atoms with Gasteiger partial charge in [-0.1, -0.05) is 172 Å². The van der Waals surface area contributed by atoms with Gasteiger partial charge in [0.2, 0.25) is 0 Å². The van der Waals surface area contributed by atoms with Crippen LogP contribution in [0.1, 0.15) is 181 Å². The third-order valence-corrected chi connectivity index (χ3v) is 8.45. The molecule has 6 heteroatoms. The minimum atomic E-state index is -0.802. The highest BCUT2D eigenvalue weighted by Crippen LogP contribution is 2.14. The second-order valence-electron chi connectivity index (χ2n) is 13.2. The maximum atomic E-state index is 12.2. The number of rotatable bonds is 35. The van der Waals surface area contributed by atoms with E-state index in [-0.39, 0.29) is 31.3 Å². The van der Waals surface area contributed by atoms with Gasteiger partial charge in [-0.2, -0.15) is 0 Å². The zero-order valence-electron chi connectivity index (χ0n) is 31.1. The highest BCUT2D eigenvalue weighted by Gasteiger charge is 2.16. The Morgan fingerprint density at radius 2 is 1.02 bits per heavy atom. The number of esters is 2. The molecule has 0 aromatic carbocycles. The molecule has 48 heavy (non-hydrogen) atoms. The van der Waals surface area contributed by atoms with Crippen LogP contribution in [0.5, 0.6) is 0 Å². The van der Waals surface area contributed by atoms with Crippen LogP contribution in [-0.2, 0) is 19.1 Å². The van der Waals surface area contributed by atoms with Crippen molar-refractivity contribution in [1.29, 1.82) is 0 Å². The molecule has 6 nitrogen and oxygen atoms in total. The van der Waals surface area contributed by atoms with Gasteiger partial charge in [0.05, 0.1) is 12.7 Å². The van der Waals surface area contributed by atoms with Gasteiger partial charge in [0.1, 0.15) is 6.61 Å². The van der Waals surface area contributed by atoms with Gasteiger partial charge >= 0.3 is 11.9 Å². The first-order valence-corrected chi connectivity index (χ1v) is 19.8. The van der Waals surface area contributed by atoms with Crippen molar-refractivity contribution in [3.8, 4) is 0 Å². The molecule has 0 aromatic heterocycles. The zero-order chi connectivity index (χ0) is 35.2. The lowest BCUT2D eigenvalue weighted by Gasteiger charge is -2.15. The standard InChI is InChI=1S/C42H74O6/c1-3-5-7-8-9-10-11-12-13-14-15-20-23-26-29-32-36-42(46)48-40(37-43)38-47-41(45)35-31-28-25-22-19-17-16-18-21-24-27-30-34-39(44)33-6-4-2/h16-17,21-22,24-25,30,34,39-40,43-44H,3-15,18-20,23,26-29,31-33,35-38H2,1-2H3/b17-16-,24-21-,25-22-,34-30-/t39-,40-/m0/s1. The van der Waals surface area contributed by atoms with Crippen molar-refractivity contribution in [2.24, 2.45) is 0 Å². The number of carbonyl (C=O) groups excluding carboxylic acids is 2. The Kier molecular flexibility index (Phi) is 35.9. The lowest BCUT2D eigenvalue weighted by molar-refractivity contribution is -0.161. The number of ether oxygens (including phenoxy) is 2. The number of hydrogen-bond donors (Lipinski definition) is 2. The summed E-state index contributed by atoms with van der Waals surface area (Å²) in [4.78, 5) is 24.2. The molecular weight excluding hydrogens is 600 g/mol. The van der Waals surface area contributed by atoms with Crippen LogP contribution < -0.4 is 0 Å². The van der Waals surface area contributed by atoms with Crippen LogP contribution in [-0.4, -0.2) is 47.6 Å². The number of hydrogen-bond acceptors (Lipinski definition) is 6. The van der Waals surface area contributed by atoms with Crippen LogP contribution in [0.15, 0.2) is 48.6 Å². The lowest BCUT2D eigenvalue weighted by atomic mass is 10.0. The van der Waals surface area contributed by atoms with E-state index in [1.165, 1.54) is 83.5 Å². The molecule has 0 aliphatic carbocycles. The predicted octanol–water partition coefficient (Wildman–Crippen LogP) is 11.2. The molecule has 0 saturated heterocycles. The molecule has 0 amide bonds. The van der Waals surface area contributed by atoms with E-state index in [0.717, 1.165) is 64.2 Å². The average molecular weight is 675 g/mol. The van der Waals surface area contributed by atoms with E-state index in [2.05, 4.69) is 50.3 Å². The maximum Gasteiger partial charge on any atom is 0.306 e. The summed E-state index contributed by atoms with van der Waals surface area (Å²) in [5, 5.41) is 19.3. The first-order chi connectivity index (χ1) is 23.5. The van der Waals surface area contributed by atoms with E-state index in [0.29, 0.717) is 19.3 Å². The van der Waals surface area contributed by atoms with Crippen molar-refractivity contribution in [2.45, 2.75) is 193 Å². The van der Waals surface area contributed by atoms with Crippen molar-refractivity contribution in [2.75, 3.05) is 13.2 Å². The molecule has 0 fully saturated rings. The molecule has 2 N–H and O–H groups in total. The van der Waals surface area contributed by atoms with Gasteiger partial charge in [0.25, 0.3) is 0 Å². The number of carbonyl (C=O) groups is 2. The number of allylic oxidation sites excluding steroid dienone is 7. The molecule has 0 rings (SSSR count). The fraction of sp³-hybridized carbons (Fsp3) is 0.762. The fourth-order valence-electron chi connectivity index (χ4n) is 5.39. The normalized spacial score (nSPS) is 13.3. The van der Waals surface area contributed by atoms with Crippen LogP contribution in [0.25, 0.3) is 0 Å². The highest BCUT2D eigenvalue weighted by atomic mass is 16.6. The first kappa shape index (κ1) is 45.8. The molecule has 0 aromatic rings. The number of unbranched alkanes of at least 4 members (excludes halogenated alkanes) is 17. The topological polar surface area (TPSA) is 93.1 Å². The van der Waals surface area contributed by atoms with Crippen molar-refractivity contribution in [1.82, 2.24) is 0 Å². The summed E-state index contributed by atoms with van der Waals surface area (Å²) in [5.74, 6) is -0.676. The van der Waals surface area contributed by atoms with E-state index < -0.39 is 6.10 Å². The summed E-state index contributed by atoms with van der Waals surface area (Å²) in [6.07, 6.45) is 43.7. The van der Waals surface area contributed by atoms with Gasteiger partial charge < -0.3 is 19.7 Å². The summed E-state index contributed by atoms with van der Waals surface area (Å²) in [6, 6.07) is 0. The van der Waals surface area contributed by atoms with Gasteiger partial charge in [0, 0.05) is 12.8 Å². The van der Waals surface area contributed by atoms with Gasteiger partial charge in [-0.05, 0) is 44.9 Å². The van der Waals surface area contributed by atoms with E-state index >= 15 is 0 Å². The van der Waals surface area contributed by atoms with E-state index in [9.17, 15) is 19.8 Å². The Balaban J connectivity index is 3.68. The monoisotopic (exact) mass is 675 g/mol. The molecule has 0 saturated carbocycles. The van der Waals surface area contributed by atoms with Crippen molar-refractivity contribution in [3.63, 3.8) is 0 Å². The Bertz CT molecular complexity index is 830. The quantitative estimate of drug-likeness (QED) is 0.0395. The lowest BCUT2D eigenvalue weighted by Crippen LogP contribution is -2.28. The summed E-state index contributed by atoms with van der Waals surface area (Å²) < 4.78 is 10.5. The molecule has 0 aliphatic rings. The van der Waals surface area contributed by atoms with E-state index in [4.69, 9.17) is 9.47 Å². The minimum Gasteiger partial charge on any atom is -0.462 e. The number of aliphatic hydroxyl groups is 2. The van der Waals surface area contributed by atoms with Crippen molar-refractivity contribution < 1.29 is 29.3 Å². The Morgan fingerprint density at radius 3 is 1.54 bits per heavy atom. The molecule has 0 spiro atoms. The van der Waals surface area contributed by atoms with Crippen LogP contribution in [0, 0.1) is 0 Å². The molecule has 0 radical (unpaired) electrons. The zero-order valence-corrected chi connectivity index (χ0v) is 31.1. The fourth-order valence-corrected chi connectivity index (χ4v) is 5.39. The smallest absolute Gasteiger partial charge is 0.306 e. The van der Waals surface area contributed by atoms with E-state index in [1.54, 1.807) is 0 Å². The van der Waals surface area contributed by atoms with Gasteiger partial charge in [-0.25, -0.2) is 0 Å². The first-order valence-electron chi connectivity index (χ1n) is 19.8. The van der Waals surface area contributed by atoms with Crippen LogP contribution in [0.2, 0.25) is 0 Å². The third kappa shape index (κ3) is 35.1. The Labute approximate surface area is 295 Å². The summed E-state index contributed by atoms with van der Waals surface area (Å²) in [5.41, 5.74) is 0. The largest absolute Gasteiger partial charge is 0.462 e. The second-order valence-corrected chi connectivity index (χ2v) is 13.2. The average Bonchev–Trinajstić information content (AvgIpc) is 3.08. The second kappa shape index (κ2) is 37.6.